The molecule has 0 radical (unpaired) electrons. The summed E-state index contributed by atoms with van der Waals surface area (Å²) in [4.78, 5) is 23.1. The van der Waals surface area contributed by atoms with E-state index < -0.39 is 0 Å². The van der Waals surface area contributed by atoms with Crippen molar-refractivity contribution in [3.8, 4) is 5.75 Å². The molecule has 1 fully saturated rings. The van der Waals surface area contributed by atoms with Gasteiger partial charge in [0.1, 0.15) is 5.75 Å². The Morgan fingerprint density at radius 3 is 2.67 bits per heavy atom. The van der Waals surface area contributed by atoms with Gasteiger partial charge in [0.15, 0.2) is 12.4 Å². The zero-order valence-electron chi connectivity index (χ0n) is 12.2. The topological polar surface area (TPSA) is 75.6 Å². The van der Waals surface area contributed by atoms with E-state index in [1.54, 1.807) is 24.3 Å². The molecule has 2 N–H and O–H groups in total. The number of ketones is 1. The van der Waals surface area contributed by atoms with E-state index in [1.807, 2.05) is 0 Å². The van der Waals surface area contributed by atoms with Gasteiger partial charge in [0, 0.05) is 11.6 Å². The van der Waals surface area contributed by atoms with Gasteiger partial charge in [0.05, 0.1) is 6.10 Å². The summed E-state index contributed by atoms with van der Waals surface area (Å²) < 4.78 is 5.41. The molecule has 1 saturated carbocycles. The summed E-state index contributed by atoms with van der Waals surface area (Å²) >= 11 is 0. The Kier molecular flexibility index (Phi) is 5.33. The van der Waals surface area contributed by atoms with Crippen molar-refractivity contribution in [2.75, 3.05) is 6.61 Å². The van der Waals surface area contributed by atoms with E-state index in [0.717, 1.165) is 25.7 Å². The zero-order chi connectivity index (χ0) is 15.2. The first-order chi connectivity index (χ1) is 10.0. The number of aliphatic hydroxyl groups excluding tert-OH is 1. The van der Waals surface area contributed by atoms with Crippen molar-refractivity contribution >= 4 is 11.7 Å². The monoisotopic (exact) mass is 291 g/mol. The fourth-order valence-electron chi connectivity index (χ4n) is 2.44. The number of ether oxygens (including phenoxy) is 1. The van der Waals surface area contributed by atoms with Crippen LogP contribution in [0.5, 0.6) is 5.75 Å². The van der Waals surface area contributed by atoms with Crippen LogP contribution in [0.2, 0.25) is 0 Å². The molecule has 5 nitrogen and oxygen atoms in total. The fourth-order valence-corrected chi connectivity index (χ4v) is 2.44. The smallest absolute Gasteiger partial charge is 0.258 e. The number of rotatable bonds is 5. The minimum absolute atomic E-state index is 0.0364. The van der Waals surface area contributed by atoms with Gasteiger partial charge in [-0.1, -0.05) is 12.1 Å². The van der Waals surface area contributed by atoms with E-state index in [0.29, 0.717) is 11.3 Å². The van der Waals surface area contributed by atoms with Crippen molar-refractivity contribution in [3.63, 3.8) is 0 Å². The number of aliphatic hydroxyl groups is 1. The minimum atomic E-state index is -0.233. The summed E-state index contributed by atoms with van der Waals surface area (Å²) in [6.07, 6.45) is 2.82. The highest BCUT2D eigenvalue weighted by molar-refractivity contribution is 5.94. The summed E-state index contributed by atoms with van der Waals surface area (Å²) in [7, 11) is 0. The lowest BCUT2D eigenvalue weighted by Gasteiger charge is -2.26. The Balaban J connectivity index is 1.78. The summed E-state index contributed by atoms with van der Waals surface area (Å²) in [5.41, 5.74) is 0.564. The zero-order valence-corrected chi connectivity index (χ0v) is 12.2. The largest absolute Gasteiger partial charge is 0.484 e. The molecule has 1 amide bonds. The molecule has 0 atom stereocenters. The SMILES string of the molecule is CC(=O)c1cccc(OCC(=O)NC2CCC(O)CC2)c1. The number of carbonyl (C=O) groups excluding carboxylic acids is 2. The van der Waals surface area contributed by atoms with Crippen LogP contribution in [0.3, 0.4) is 0 Å². The predicted octanol–water partition coefficient (Wildman–Crippen LogP) is 1.69. The molecule has 0 saturated heterocycles. The van der Waals surface area contributed by atoms with E-state index in [-0.39, 0.29) is 30.4 Å². The maximum Gasteiger partial charge on any atom is 0.258 e. The van der Waals surface area contributed by atoms with E-state index in [4.69, 9.17) is 4.74 Å². The van der Waals surface area contributed by atoms with E-state index in [9.17, 15) is 14.7 Å². The molecule has 2 rings (SSSR count). The molecule has 114 valence electrons. The maximum absolute atomic E-state index is 11.8. The van der Waals surface area contributed by atoms with Crippen molar-refractivity contribution in [1.29, 1.82) is 0 Å². The molecular weight excluding hydrogens is 270 g/mol. The summed E-state index contributed by atoms with van der Waals surface area (Å²) in [5, 5.41) is 12.3. The van der Waals surface area contributed by atoms with Crippen LogP contribution < -0.4 is 10.1 Å². The van der Waals surface area contributed by atoms with E-state index in [2.05, 4.69) is 5.32 Å². The van der Waals surface area contributed by atoms with Gasteiger partial charge in [-0.05, 0) is 44.7 Å². The molecule has 1 aliphatic rings. The summed E-state index contributed by atoms with van der Waals surface area (Å²) in [6.45, 7) is 1.42. The second kappa shape index (κ2) is 7.22. The normalized spacial score (nSPS) is 21.6. The van der Waals surface area contributed by atoms with Gasteiger partial charge in [-0.25, -0.2) is 0 Å². The predicted molar refractivity (Wildman–Crippen MR) is 78.3 cm³/mol. The van der Waals surface area contributed by atoms with Crippen molar-refractivity contribution in [3.05, 3.63) is 29.8 Å². The first kappa shape index (κ1) is 15.5. The molecule has 0 bridgehead atoms. The van der Waals surface area contributed by atoms with Gasteiger partial charge < -0.3 is 15.2 Å². The Morgan fingerprint density at radius 2 is 2.00 bits per heavy atom. The molecule has 0 aromatic heterocycles. The van der Waals surface area contributed by atoms with Crippen molar-refractivity contribution in [2.45, 2.75) is 44.8 Å². The van der Waals surface area contributed by atoms with Crippen LogP contribution in [0, 0.1) is 0 Å². The molecule has 1 aliphatic carbocycles. The molecule has 0 aliphatic heterocycles. The second-order valence-corrected chi connectivity index (χ2v) is 5.45. The highest BCUT2D eigenvalue weighted by Gasteiger charge is 2.20. The lowest BCUT2D eigenvalue weighted by atomic mass is 9.93. The Morgan fingerprint density at radius 1 is 1.29 bits per heavy atom. The van der Waals surface area contributed by atoms with E-state index in [1.165, 1.54) is 6.92 Å². The molecule has 1 aromatic carbocycles. The van der Waals surface area contributed by atoms with E-state index >= 15 is 0 Å². The molecule has 0 spiro atoms. The van der Waals surface area contributed by atoms with Gasteiger partial charge in [-0.3, -0.25) is 9.59 Å². The first-order valence-electron chi connectivity index (χ1n) is 7.26. The van der Waals surface area contributed by atoms with Gasteiger partial charge in [0.25, 0.3) is 5.91 Å². The van der Waals surface area contributed by atoms with Crippen LogP contribution >= 0.6 is 0 Å². The van der Waals surface area contributed by atoms with Gasteiger partial charge in [-0.2, -0.15) is 0 Å². The van der Waals surface area contributed by atoms with Gasteiger partial charge in [0.2, 0.25) is 0 Å². The summed E-state index contributed by atoms with van der Waals surface area (Å²) in [6, 6.07) is 6.91. The number of carbonyl (C=O) groups is 2. The van der Waals surface area contributed by atoms with Crippen molar-refractivity contribution < 1.29 is 19.4 Å². The van der Waals surface area contributed by atoms with Gasteiger partial charge >= 0.3 is 0 Å². The van der Waals surface area contributed by atoms with Crippen LogP contribution in [0.1, 0.15) is 43.0 Å². The number of Topliss-reactive ketones (excluding diaryl/α,β-unsaturated/α-hetero) is 1. The molecule has 21 heavy (non-hydrogen) atoms. The lowest BCUT2D eigenvalue weighted by molar-refractivity contribution is -0.124. The minimum Gasteiger partial charge on any atom is -0.484 e. The third-order valence-electron chi connectivity index (χ3n) is 3.67. The Bertz CT molecular complexity index is 507. The van der Waals surface area contributed by atoms with Crippen LogP contribution in [-0.2, 0) is 4.79 Å². The number of amides is 1. The maximum atomic E-state index is 11.8. The number of benzene rings is 1. The third kappa shape index (κ3) is 4.86. The van der Waals surface area contributed by atoms with Crippen molar-refractivity contribution in [2.24, 2.45) is 0 Å². The fraction of sp³-hybridized carbons (Fsp3) is 0.500. The number of nitrogens with one attached hydrogen (secondary N) is 1. The van der Waals surface area contributed by atoms with Crippen LogP contribution in [-0.4, -0.2) is 35.5 Å². The number of hydrogen-bond acceptors (Lipinski definition) is 4. The van der Waals surface area contributed by atoms with Crippen LogP contribution in [0.4, 0.5) is 0 Å². The van der Waals surface area contributed by atoms with Crippen LogP contribution in [0.15, 0.2) is 24.3 Å². The molecule has 5 heteroatoms. The Hall–Kier alpha value is -1.88. The Labute approximate surface area is 124 Å². The van der Waals surface area contributed by atoms with Crippen LogP contribution in [0.25, 0.3) is 0 Å². The van der Waals surface area contributed by atoms with Crippen molar-refractivity contribution in [1.82, 2.24) is 5.32 Å². The summed E-state index contributed by atoms with van der Waals surface area (Å²) in [5.74, 6) is 0.298. The second-order valence-electron chi connectivity index (χ2n) is 5.45. The highest BCUT2D eigenvalue weighted by Crippen LogP contribution is 2.18. The molecule has 0 heterocycles. The number of hydrogen-bond donors (Lipinski definition) is 2. The average Bonchev–Trinajstić information content (AvgIpc) is 2.48. The molecule has 1 aromatic rings. The third-order valence-corrected chi connectivity index (χ3v) is 3.67. The molecular formula is C16H21NO4. The molecule has 0 unspecified atom stereocenters. The lowest BCUT2D eigenvalue weighted by Crippen LogP contribution is -2.40. The first-order valence-corrected chi connectivity index (χ1v) is 7.26. The van der Waals surface area contributed by atoms with Gasteiger partial charge in [-0.15, -0.1) is 0 Å². The average molecular weight is 291 g/mol. The standard InChI is InChI=1S/C16H21NO4/c1-11(18)12-3-2-4-15(9-12)21-10-16(20)17-13-5-7-14(19)8-6-13/h2-4,9,13-14,19H,5-8,10H2,1H3,(H,17,20). The quantitative estimate of drug-likeness (QED) is 0.809. The highest BCUT2D eigenvalue weighted by atomic mass is 16.5.